The molecular weight excluding hydrogens is 336 g/mol. The zero-order valence-corrected chi connectivity index (χ0v) is 12.5. The van der Waals surface area contributed by atoms with E-state index in [0.29, 0.717) is 38.5 Å². The molecule has 0 aromatic heterocycles. The van der Waals surface area contributed by atoms with Crippen LogP contribution in [0.5, 0.6) is 0 Å². The molecule has 0 radical (unpaired) electrons. The average Bonchev–Trinajstić information content (AvgIpc) is 2.27. The van der Waals surface area contributed by atoms with Gasteiger partial charge in [-0.15, -0.1) is 0 Å². The molecule has 0 amide bonds. The van der Waals surface area contributed by atoms with E-state index in [1.54, 1.807) is 0 Å². The third kappa shape index (κ3) is 24.2. The maximum Gasteiger partial charge on any atom is 0.0564 e. The summed E-state index contributed by atoms with van der Waals surface area (Å²) < 4.78 is 55.5. The number of aliphatic hydroxyl groups is 2. The summed E-state index contributed by atoms with van der Waals surface area (Å²) in [6.07, 6.45) is 2.93. The van der Waals surface area contributed by atoms with Crippen LogP contribution in [0.2, 0.25) is 0 Å². The summed E-state index contributed by atoms with van der Waals surface area (Å²) in [6, 6.07) is 0. The second-order valence-corrected chi connectivity index (χ2v) is 4.12. The Labute approximate surface area is 128 Å². The van der Waals surface area contributed by atoms with Crippen molar-refractivity contribution in [3.8, 4) is 0 Å². The molecule has 0 bridgehead atoms. The van der Waals surface area contributed by atoms with Crippen LogP contribution in [0.1, 0.15) is 62.3 Å². The molecule has 4 heteroatoms. The molecule has 0 aliphatic heterocycles. The quantitative estimate of drug-likeness (QED) is 0.453. The van der Waals surface area contributed by atoms with Crippen LogP contribution in [0.25, 0.3) is 0 Å². The molecule has 16 heavy (non-hydrogen) atoms. The number of hydrogen-bond donors (Lipinski definition) is 2. The highest BCUT2D eigenvalue weighted by Crippen LogP contribution is 2.02. The van der Waals surface area contributed by atoms with Crippen molar-refractivity contribution in [2.45, 2.75) is 51.4 Å². The molecule has 0 aliphatic rings. The predicted molar refractivity (Wildman–Crippen MR) is 78.7 cm³/mol. The molecule has 2 nitrogen and oxygen atoms in total. The van der Waals surface area contributed by atoms with Crippen molar-refractivity contribution in [3.05, 3.63) is 0 Å². The van der Waals surface area contributed by atoms with Crippen LogP contribution in [0.15, 0.2) is 0 Å². The Morgan fingerprint density at radius 1 is 0.625 bits per heavy atom. The highest BCUT2D eigenvalue weighted by molar-refractivity contribution is 9.09. The minimum atomic E-state index is -2.18. The molecule has 0 saturated heterocycles. The molecule has 0 rings (SSSR count). The van der Waals surface area contributed by atoms with Gasteiger partial charge >= 0.3 is 0 Å². The third-order valence-corrected chi connectivity index (χ3v) is 2.41. The first kappa shape index (κ1) is 8.13. The third-order valence-electron chi connectivity index (χ3n) is 1.62. The SMILES string of the molecule is [2H]C([2H])(Br)CCCCC([2H])([2H])Br.[2H]C([2H])(O)CCCCC([2H])([2H])O. The molecule has 0 atom stereocenters. The van der Waals surface area contributed by atoms with Crippen LogP contribution in [0.3, 0.4) is 0 Å². The predicted octanol–water partition coefficient (Wildman–Crippen LogP) is 3.87. The van der Waals surface area contributed by atoms with E-state index in [0.717, 1.165) is 0 Å². The minimum Gasteiger partial charge on any atom is -0.396 e. The molecule has 100 valence electrons. The summed E-state index contributed by atoms with van der Waals surface area (Å²) in [5, 5.41) is 14.6. The van der Waals surface area contributed by atoms with Crippen molar-refractivity contribution < 1.29 is 21.2 Å². The lowest BCUT2D eigenvalue weighted by Crippen LogP contribution is -1.85. The standard InChI is InChI=1S/C6H12Br2.C6H14O2/c2*7-5-3-1-2-4-6-8/h1-6H2;7-8H,1-6H2/i2*5D2,6D2. The topological polar surface area (TPSA) is 40.5 Å². The lowest BCUT2D eigenvalue weighted by molar-refractivity contribution is 0.265. The number of halogens is 2. The van der Waals surface area contributed by atoms with Gasteiger partial charge < -0.3 is 10.2 Å². The lowest BCUT2D eigenvalue weighted by Gasteiger charge is -1.93. The maximum atomic E-state index is 8.62. The zero-order valence-electron chi connectivity index (χ0n) is 17.3. The highest BCUT2D eigenvalue weighted by atomic mass is 79.9. The van der Waals surface area contributed by atoms with E-state index < -0.39 is 23.7 Å². The zero-order chi connectivity index (χ0) is 19.7. The van der Waals surface area contributed by atoms with Gasteiger partial charge in [0.2, 0.25) is 0 Å². The van der Waals surface area contributed by atoms with Crippen LogP contribution in [0, 0.1) is 0 Å². The largest absolute Gasteiger partial charge is 0.396 e. The molecule has 0 heterocycles. The second-order valence-electron chi connectivity index (χ2n) is 3.00. The van der Waals surface area contributed by atoms with Gasteiger partial charge in [-0.1, -0.05) is 57.5 Å². The van der Waals surface area contributed by atoms with Gasteiger partial charge in [0.15, 0.2) is 0 Å². The fraction of sp³-hybridized carbons (Fsp3) is 1.00. The maximum absolute atomic E-state index is 8.62. The lowest BCUT2D eigenvalue weighted by atomic mass is 10.2. The summed E-state index contributed by atoms with van der Waals surface area (Å²) in [5.74, 6) is 0. The van der Waals surface area contributed by atoms with Crippen LogP contribution in [0.4, 0.5) is 0 Å². The van der Waals surface area contributed by atoms with Crippen molar-refractivity contribution >= 4 is 31.9 Å². The fourth-order valence-corrected chi connectivity index (χ4v) is 1.35. The summed E-state index contributed by atoms with van der Waals surface area (Å²) in [6.45, 7) is -4.36. The average molecular weight is 370 g/mol. The van der Waals surface area contributed by atoms with Gasteiger partial charge in [-0.05, 0) is 25.7 Å². The molecular formula is C12H26Br2O2. The Hall–Kier alpha value is 0.880. The minimum absolute atomic E-state index is 0.0247. The molecule has 0 aromatic carbocycles. The van der Waals surface area contributed by atoms with Gasteiger partial charge in [0.05, 0.1) is 5.48 Å². The number of unbranched alkanes of at least 4 members (excludes halogenated alkanes) is 2. The van der Waals surface area contributed by atoms with E-state index in [1.165, 1.54) is 0 Å². The number of alkyl halides is 2. The smallest absolute Gasteiger partial charge is 0.0564 e. The van der Waals surface area contributed by atoms with Crippen LogP contribution >= 0.6 is 31.9 Å². The van der Waals surface area contributed by atoms with Gasteiger partial charge in [0.1, 0.15) is 0 Å². The molecule has 0 saturated carbocycles. The van der Waals surface area contributed by atoms with E-state index in [2.05, 4.69) is 31.9 Å². The van der Waals surface area contributed by atoms with Gasteiger partial charge in [-0.25, -0.2) is 0 Å². The fourth-order valence-electron chi connectivity index (χ4n) is 0.792. The Bertz CT molecular complexity index is 257. The second kappa shape index (κ2) is 21.2. The van der Waals surface area contributed by atoms with Gasteiger partial charge in [-0.3, -0.25) is 0 Å². The number of hydrogen-bond acceptors (Lipinski definition) is 2. The van der Waals surface area contributed by atoms with Crippen molar-refractivity contribution in [3.63, 3.8) is 0 Å². The van der Waals surface area contributed by atoms with Crippen molar-refractivity contribution in [1.82, 2.24) is 0 Å². The van der Waals surface area contributed by atoms with E-state index >= 15 is 0 Å². The molecule has 2 N–H and O–H groups in total. The van der Waals surface area contributed by atoms with Gasteiger partial charge in [0.25, 0.3) is 0 Å². The Morgan fingerprint density at radius 2 is 0.938 bits per heavy atom. The van der Waals surface area contributed by atoms with Crippen LogP contribution in [-0.4, -0.2) is 33.9 Å². The summed E-state index contributed by atoms with van der Waals surface area (Å²) >= 11 is 5.77. The normalized spacial score (nSPS) is 20.8. The van der Waals surface area contributed by atoms with E-state index in [9.17, 15) is 0 Å². The first-order valence-electron chi connectivity index (χ1n) is 9.24. The van der Waals surface area contributed by atoms with Crippen molar-refractivity contribution in [2.75, 3.05) is 23.7 Å². The Morgan fingerprint density at radius 3 is 1.19 bits per heavy atom. The number of rotatable bonds is 10. The molecule has 0 aliphatic carbocycles. The monoisotopic (exact) mass is 368 g/mol. The van der Waals surface area contributed by atoms with Gasteiger partial charge in [0, 0.05) is 29.2 Å². The Balaban J connectivity index is 0. The summed E-state index contributed by atoms with van der Waals surface area (Å²) in [7, 11) is 0. The highest BCUT2D eigenvalue weighted by Gasteiger charge is 1.85. The molecule has 0 unspecified atom stereocenters. The van der Waals surface area contributed by atoms with Crippen molar-refractivity contribution in [1.29, 1.82) is 0 Å². The Kier molecular flexibility index (Phi) is 10.8. The molecule has 0 fully saturated rings. The van der Waals surface area contributed by atoms with E-state index in [-0.39, 0.29) is 12.8 Å². The van der Waals surface area contributed by atoms with Crippen LogP contribution < -0.4 is 0 Å². The molecule has 0 aromatic rings. The van der Waals surface area contributed by atoms with Crippen molar-refractivity contribution in [2.24, 2.45) is 0 Å². The first-order chi connectivity index (χ1) is 10.4. The summed E-state index contributed by atoms with van der Waals surface area (Å²) in [5.41, 5.74) is 0. The van der Waals surface area contributed by atoms with Gasteiger partial charge in [-0.2, -0.15) is 0 Å². The van der Waals surface area contributed by atoms with Crippen LogP contribution in [-0.2, 0) is 0 Å². The summed E-state index contributed by atoms with van der Waals surface area (Å²) in [4.78, 5) is 0. The molecule has 0 spiro atoms. The first-order valence-corrected chi connectivity index (χ1v) is 6.83. The van der Waals surface area contributed by atoms with E-state index in [1.807, 2.05) is 0 Å². The van der Waals surface area contributed by atoms with E-state index in [4.69, 9.17) is 21.2 Å².